The molecule has 0 aliphatic heterocycles. The highest BCUT2D eigenvalue weighted by Gasteiger charge is 2.16. The van der Waals surface area contributed by atoms with Crippen molar-refractivity contribution < 1.29 is 9.53 Å². The topological polar surface area (TPSA) is 69.9 Å². The monoisotopic (exact) mass is 260 g/mol. The number of carbonyl (C=O) groups excluding carboxylic acids is 1. The van der Waals surface area contributed by atoms with E-state index in [2.05, 4.69) is 34.6 Å². The van der Waals surface area contributed by atoms with Crippen LogP contribution in [-0.2, 0) is 17.7 Å². The van der Waals surface area contributed by atoms with Gasteiger partial charge in [0.2, 0.25) is 0 Å². The largest absolute Gasteiger partial charge is 0.460 e. The van der Waals surface area contributed by atoms with Gasteiger partial charge in [0.25, 0.3) is 5.82 Å². The Morgan fingerprint density at radius 2 is 1.89 bits per heavy atom. The van der Waals surface area contributed by atoms with Gasteiger partial charge in [-0.05, 0) is 34.9 Å². The van der Waals surface area contributed by atoms with E-state index < -0.39 is 5.97 Å². The zero-order valence-electron chi connectivity index (χ0n) is 11.0. The normalized spacial score (nSPS) is 10.4. The molecule has 0 unspecified atom stereocenters. The van der Waals surface area contributed by atoms with Gasteiger partial charge in [-0.1, -0.05) is 31.2 Å². The van der Waals surface area contributed by atoms with Crippen LogP contribution >= 0.6 is 0 Å². The molecule has 2 aromatic rings. The maximum Gasteiger partial charge on any atom is 0.378 e. The first-order valence-electron chi connectivity index (χ1n) is 6.25. The molecule has 0 bridgehead atoms. The van der Waals surface area contributed by atoms with Crippen molar-refractivity contribution in [2.45, 2.75) is 26.8 Å². The molecule has 0 aliphatic carbocycles. The molecule has 0 N–H and O–H groups in total. The molecule has 2 rings (SSSR count). The fraction of sp³-hybridized carbons (Fsp3) is 0.385. The van der Waals surface area contributed by atoms with Gasteiger partial charge in [0.15, 0.2) is 0 Å². The Hall–Kier alpha value is -2.24. The molecule has 6 heteroatoms. The molecule has 0 atom stereocenters. The first kappa shape index (κ1) is 13.2. The Bertz CT molecular complexity index is 548. The molecular formula is C13H16N4O2. The van der Waals surface area contributed by atoms with E-state index in [1.54, 1.807) is 6.92 Å². The van der Waals surface area contributed by atoms with Crippen LogP contribution in [0.5, 0.6) is 0 Å². The Balaban J connectivity index is 2.14. The van der Waals surface area contributed by atoms with Gasteiger partial charge in [0.1, 0.15) is 0 Å². The minimum Gasteiger partial charge on any atom is -0.460 e. The maximum absolute atomic E-state index is 11.6. The van der Waals surface area contributed by atoms with E-state index in [-0.39, 0.29) is 5.82 Å². The molecule has 0 aliphatic rings. The molecule has 1 aromatic heterocycles. The van der Waals surface area contributed by atoms with E-state index in [1.807, 2.05) is 12.1 Å². The van der Waals surface area contributed by atoms with Crippen molar-refractivity contribution >= 4 is 5.97 Å². The minimum absolute atomic E-state index is 0.126. The third-order valence-corrected chi connectivity index (χ3v) is 2.75. The van der Waals surface area contributed by atoms with Gasteiger partial charge in [-0.3, -0.25) is 0 Å². The van der Waals surface area contributed by atoms with Crippen molar-refractivity contribution in [3.8, 4) is 0 Å². The average molecular weight is 260 g/mol. The second-order valence-electron chi connectivity index (χ2n) is 4.05. The van der Waals surface area contributed by atoms with Crippen molar-refractivity contribution in [1.82, 2.24) is 20.2 Å². The number of aryl methyl sites for hydroxylation is 1. The quantitative estimate of drug-likeness (QED) is 0.761. The van der Waals surface area contributed by atoms with Crippen LogP contribution in [0, 0.1) is 0 Å². The smallest absolute Gasteiger partial charge is 0.378 e. The molecular weight excluding hydrogens is 244 g/mol. The van der Waals surface area contributed by atoms with Crippen molar-refractivity contribution in [3.63, 3.8) is 0 Å². The predicted octanol–water partition coefficient (Wildman–Crippen LogP) is 1.46. The van der Waals surface area contributed by atoms with Gasteiger partial charge in [0.05, 0.1) is 13.2 Å². The number of carbonyl (C=O) groups is 1. The number of benzene rings is 1. The first-order chi connectivity index (χ1) is 9.24. The highest BCUT2D eigenvalue weighted by Crippen LogP contribution is 2.07. The Kier molecular flexibility index (Phi) is 4.22. The molecule has 1 heterocycles. The molecule has 6 nitrogen and oxygen atoms in total. The van der Waals surface area contributed by atoms with Gasteiger partial charge in [0, 0.05) is 0 Å². The molecule has 0 spiro atoms. The van der Waals surface area contributed by atoms with Crippen LogP contribution < -0.4 is 0 Å². The summed E-state index contributed by atoms with van der Waals surface area (Å²) in [6, 6.07) is 8.14. The summed E-state index contributed by atoms with van der Waals surface area (Å²) >= 11 is 0. The summed E-state index contributed by atoms with van der Waals surface area (Å²) in [4.78, 5) is 11.6. The highest BCUT2D eigenvalue weighted by molar-refractivity contribution is 5.85. The van der Waals surface area contributed by atoms with Gasteiger partial charge in [-0.15, -0.1) is 5.10 Å². The average Bonchev–Trinajstić information content (AvgIpc) is 2.88. The van der Waals surface area contributed by atoms with E-state index in [0.717, 1.165) is 12.0 Å². The molecule has 0 radical (unpaired) electrons. The number of esters is 1. The van der Waals surface area contributed by atoms with Crippen LogP contribution in [0.3, 0.4) is 0 Å². The molecule has 1 aromatic carbocycles. The highest BCUT2D eigenvalue weighted by atomic mass is 16.5. The lowest BCUT2D eigenvalue weighted by atomic mass is 10.1. The summed E-state index contributed by atoms with van der Waals surface area (Å²) in [7, 11) is 0. The number of nitrogens with zero attached hydrogens (tertiary/aromatic N) is 4. The Labute approximate surface area is 111 Å². The zero-order chi connectivity index (χ0) is 13.7. The van der Waals surface area contributed by atoms with Gasteiger partial charge >= 0.3 is 5.97 Å². The molecule has 0 amide bonds. The van der Waals surface area contributed by atoms with E-state index in [4.69, 9.17) is 4.74 Å². The van der Waals surface area contributed by atoms with E-state index in [1.165, 1.54) is 10.2 Å². The van der Waals surface area contributed by atoms with Crippen molar-refractivity contribution in [2.24, 2.45) is 0 Å². The molecule has 100 valence electrons. The molecule has 0 fully saturated rings. The second-order valence-corrected chi connectivity index (χ2v) is 4.05. The summed E-state index contributed by atoms with van der Waals surface area (Å²) in [5.41, 5.74) is 2.31. The summed E-state index contributed by atoms with van der Waals surface area (Å²) in [5.74, 6) is -0.376. The van der Waals surface area contributed by atoms with Gasteiger partial charge in [-0.25, -0.2) is 9.48 Å². The Morgan fingerprint density at radius 1 is 1.21 bits per heavy atom. The standard InChI is InChI=1S/C13H16N4O2/c1-3-10-5-7-11(8-6-10)9-17-12(14-15-16-17)13(18)19-4-2/h5-8H,3-4,9H2,1-2H3. The number of aromatic nitrogens is 4. The first-order valence-corrected chi connectivity index (χ1v) is 6.25. The second kappa shape index (κ2) is 6.08. The lowest BCUT2D eigenvalue weighted by Gasteiger charge is -2.05. The van der Waals surface area contributed by atoms with Crippen LogP contribution in [0.15, 0.2) is 24.3 Å². The summed E-state index contributed by atoms with van der Waals surface area (Å²) in [6.45, 7) is 4.60. The lowest BCUT2D eigenvalue weighted by Crippen LogP contribution is -2.15. The van der Waals surface area contributed by atoms with E-state index in [9.17, 15) is 4.79 Å². The van der Waals surface area contributed by atoms with Crippen LogP contribution in [0.4, 0.5) is 0 Å². The maximum atomic E-state index is 11.6. The van der Waals surface area contributed by atoms with Crippen molar-refractivity contribution in [1.29, 1.82) is 0 Å². The molecule has 0 saturated heterocycles. The SMILES string of the molecule is CCOC(=O)c1nnnn1Cc1ccc(CC)cc1. The molecule has 0 saturated carbocycles. The minimum atomic E-state index is -0.502. The van der Waals surface area contributed by atoms with Crippen LogP contribution in [0.1, 0.15) is 35.6 Å². The number of hydrogen-bond acceptors (Lipinski definition) is 5. The van der Waals surface area contributed by atoms with Crippen molar-refractivity contribution in [2.75, 3.05) is 6.61 Å². The van der Waals surface area contributed by atoms with Crippen LogP contribution in [0.2, 0.25) is 0 Å². The van der Waals surface area contributed by atoms with E-state index in [0.29, 0.717) is 13.2 Å². The summed E-state index contributed by atoms with van der Waals surface area (Å²) < 4.78 is 6.34. The molecule has 19 heavy (non-hydrogen) atoms. The van der Waals surface area contributed by atoms with Gasteiger partial charge in [-0.2, -0.15) is 0 Å². The summed E-state index contributed by atoms with van der Waals surface area (Å²) in [5, 5.41) is 11.0. The fourth-order valence-electron chi connectivity index (χ4n) is 1.71. The fourth-order valence-corrected chi connectivity index (χ4v) is 1.71. The van der Waals surface area contributed by atoms with Crippen LogP contribution in [-0.4, -0.2) is 32.8 Å². The lowest BCUT2D eigenvalue weighted by molar-refractivity contribution is 0.0505. The number of rotatable bonds is 5. The number of hydrogen-bond donors (Lipinski definition) is 0. The third kappa shape index (κ3) is 3.15. The summed E-state index contributed by atoms with van der Waals surface area (Å²) in [6.07, 6.45) is 0.999. The number of tetrazole rings is 1. The Morgan fingerprint density at radius 3 is 2.53 bits per heavy atom. The van der Waals surface area contributed by atoms with Crippen molar-refractivity contribution in [3.05, 3.63) is 41.2 Å². The van der Waals surface area contributed by atoms with Gasteiger partial charge < -0.3 is 4.74 Å². The van der Waals surface area contributed by atoms with Crippen LogP contribution in [0.25, 0.3) is 0 Å². The predicted molar refractivity (Wildman–Crippen MR) is 68.7 cm³/mol. The van der Waals surface area contributed by atoms with E-state index >= 15 is 0 Å². The zero-order valence-corrected chi connectivity index (χ0v) is 11.0. The number of ether oxygens (including phenoxy) is 1. The third-order valence-electron chi connectivity index (χ3n) is 2.75.